The molecule has 0 aliphatic heterocycles. The smallest absolute Gasteiger partial charge is 0.341 e. The minimum absolute atomic E-state index is 0.112. The van der Waals surface area contributed by atoms with Crippen molar-refractivity contribution in [3.8, 4) is 0 Å². The lowest BCUT2D eigenvalue weighted by atomic mass is 10.1. The number of thiophene rings is 2. The molecule has 0 fully saturated rings. The number of hydrogen-bond acceptors (Lipinski definition) is 8. The van der Waals surface area contributed by atoms with Crippen LogP contribution in [0.3, 0.4) is 0 Å². The van der Waals surface area contributed by atoms with Gasteiger partial charge in [0.15, 0.2) is 0 Å². The summed E-state index contributed by atoms with van der Waals surface area (Å²) in [5.41, 5.74) is 0.529. The van der Waals surface area contributed by atoms with Crippen molar-refractivity contribution in [3.05, 3.63) is 72.8 Å². The van der Waals surface area contributed by atoms with Crippen molar-refractivity contribution in [1.29, 1.82) is 0 Å². The first kappa shape index (κ1) is 23.1. The highest BCUT2D eigenvalue weighted by molar-refractivity contribution is 7.19. The minimum Gasteiger partial charge on any atom is -0.462 e. The van der Waals surface area contributed by atoms with Gasteiger partial charge in [0, 0.05) is 22.7 Å². The van der Waals surface area contributed by atoms with Crippen molar-refractivity contribution in [2.24, 2.45) is 0 Å². The summed E-state index contributed by atoms with van der Waals surface area (Å²) in [6, 6.07) is 9.18. The Kier molecular flexibility index (Phi) is 7.33. The van der Waals surface area contributed by atoms with Crippen LogP contribution in [0.15, 0.2) is 41.8 Å². The number of esters is 1. The molecule has 0 aliphatic carbocycles. The van der Waals surface area contributed by atoms with E-state index >= 15 is 0 Å². The van der Waals surface area contributed by atoms with Crippen LogP contribution in [0.1, 0.15) is 37.4 Å². The second-order valence-corrected chi connectivity index (χ2v) is 8.60. The van der Waals surface area contributed by atoms with Crippen LogP contribution < -0.4 is 10.6 Å². The van der Waals surface area contributed by atoms with E-state index in [0.29, 0.717) is 5.56 Å². The number of non-ortho nitro benzene ring substituents is 1. The molecular formula is C21H19N3O6S2. The van der Waals surface area contributed by atoms with E-state index in [0.717, 1.165) is 16.2 Å². The molecule has 3 rings (SSSR count). The Hall–Kier alpha value is -3.57. The molecular weight excluding hydrogens is 454 g/mol. The van der Waals surface area contributed by atoms with Crippen molar-refractivity contribution >= 4 is 56.8 Å². The molecule has 1 aromatic carbocycles. The molecule has 2 N–H and O–H groups in total. The molecule has 0 aliphatic rings. The Morgan fingerprint density at radius 1 is 1.16 bits per heavy atom. The molecule has 9 nitrogen and oxygen atoms in total. The van der Waals surface area contributed by atoms with Gasteiger partial charge in [0.1, 0.15) is 5.00 Å². The van der Waals surface area contributed by atoms with Gasteiger partial charge in [-0.2, -0.15) is 0 Å². The van der Waals surface area contributed by atoms with Crippen LogP contribution in [0.25, 0.3) is 0 Å². The highest BCUT2D eigenvalue weighted by Gasteiger charge is 2.27. The summed E-state index contributed by atoms with van der Waals surface area (Å²) in [5, 5.41) is 18.3. The topological polar surface area (TPSA) is 128 Å². The molecule has 0 radical (unpaired) electrons. The van der Waals surface area contributed by atoms with Crippen LogP contribution in [-0.2, 0) is 16.0 Å². The summed E-state index contributed by atoms with van der Waals surface area (Å²) >= 11 is 2.38. The van der Waals surface area contributed by atoms with Gasteiger partial charge in [-0.15, -0.1) is 22.7 Å². The molecule has 166 valence electrons. The fraction of sp³-hybridized carbons (Fsp3) is 0.190. The van der Waals surface area contributed by atoms with Crippen molar-refractivity contribution in [2.45, 2.75) is 20.3 Å². The van der Waals surface area contributed by atoms with E-state index < -0.39 is 16.8 Å². The van der Waals surface area contributed by atoms with Crippen LogP contribution in [0, 0.1) is 17.0 Å². The first-order valence-corrected chi connectivity index (χ1v) is 11.2. The lowest BCUT2D eigenvalue weighted by molar-refractivity contribution is -0.384. The quantitative estimate of drug-likeness (QED) is 0.279. The second-order valence-electron chi connectivity index (χ2n) is 6.55. The summed E-state index contributed by atoms with van der Waals surface area (Å²) < 4.78 is 5.10. The molecule has 3 aromatic rings. The lowest BCUT2D eigenvalue weighted by Gasteiger charge is -2.06. The first-order chi connectivity index (χ1) is 15.3. The van der Waals surface area contributed by atoms with Crippen LogP contribution in [-0.4, -0.2) is 29.3 Å². The Morgan fingerprint density at radius 2 is 1.94 bits per heavy atom. The van der Waals surface area contributed by atoms with E-state index in [2.05, 4.69) is 10.6 Å². The minimum atomic E-state index is -0.651. The normalized spacial score (nSPS) is 10.4. The molecule has 2 heterocycles. The summed E-state index contributed by atoms with van der Waals surface area (Å²) in [6.45, 7) is 3.37. The summed E-state index contributed by atoms with van der Waals surface area (Å²) in [5.74, 6) is -1.54. The number of nitro benzene ring substituents is 1. The fourth-order valence-electron chi connectivity index (χ4n) is 2.89. The zero-order chi connectivity index (χ0) is 23.3. The number of nitrogens with one attached hydrogen (secondary N) is 2. The lowest BCUT2D eigenvalue weighted by Crippen LogP contribution is -2.16. The fourth-order valence-corrected chi connectivity index (χ4v) is 4.70. The van der Waals surface area contributed by atoms with Gasteiger partial charge in [0.05, 0.1) is 28.4 Å². The number of amides is 2. The van der Waals surface area contributed by atoms with Crippen molar-refractivity contribution in [3.63, 3.8) is 0 Å². The average molecular weight is 474 g/mol. The maximum atomic E-state index is 12.9. The van der Waals surface area contributed by atoms with E-state index in [1.165, 1.54) is 35.6 Å². The van der Waals surface area contributed by atoms with E-state index in [9.17, 15) is 24.5 Å². The van der Waals surface area contributed by atoms with Crippen molar-refractivity contribution < 1.29 is 24.0 Å². The van der Waals surface area contributed by atoms with E-state index in [1.807, 2.05) is 17.5 Å². The van der Waals surface area contributed by atoms with Crippen molar-refractivity contribution in [1.82, 2.24) is 0 Å². The molecule has 32 heavy (non-hydrogen) atoms. The maximum Gasteiger partial charge on any atom is 0.341 e. The third kappa shape index (κ3) is 5.37. The van der Waals surface area contributed by atoms with Gasteiger partial charge in [0.25, 0.3) is 11.6 Å². The first-order valence-electron chi connectivity index (χ1n) is 9.48. The monoisotopic (exact) mass is 473 g/mol. The predicted octanol–water partition coefficient (Wildman–Crippen LogP) is 4.64. The Bertz CT molecular complexity index is 1170. The highest BCUT2D eigenvalue weighted by Crippen LogP contribution is 2.34. The molecule has 2 aromatic heterocycles. The number of nitrogens with zero attached hydrogens (tertiary/aromatic N) is 1. The third-order valence-corrected chi connectivity index (χ3v) is 6.40. The van der Waals surface area contributed by atoms with Gasteiger partial charge in [-0.05, 0) is 36.9 Å². The molecule has 2 amide bonds. The molecule has 0 unspecified atom stereocenters. The van der Waals surface area contributed by atoms with Gasteiger partial charge in [-0.1, -0.05) is 12.1 Å². The number of benzene rings is 1. The van der Waals surface area contributed by atoms with Crippen molar-refractivity contribution in [2.75, 3.05) is 17.2 Å². The number of rotatable bonds is 8. The van der Waals surface area contributed by atoms with E-state index in [-0.39, 0.29) is 45.8 Å². The van der Waals surface area contributed by atoms with E-state index in [4.69, 9.17) is 4.74 Å². The number of carbonyl (C=O) groups is 3. The van der Waals surface area contributed by atoms with Gasteiger partial charge in [-0.25, -0.2) is 4.79 Å². The van der Waals surface area contributed by atoms with Gasteiger partial charge >= 0.3 is 5.97 Å². The number of carbonyl (C=O) groups excluding carboxylic acids is 3. The molecule has 0 spiro atoms. The maximum absolute atomic E-state index is 12.9. The van der Waals surface area contributed by atoms with Gasteiger partial charge in [-0.3, -0.25) is 19.7 Å². The number of hydrogen-bond donors (Lipinski definition) is 2. The van der Waals surface area contributed by atoms with Crippen LogP contribution in [0.2, 0.25) is 0 Å². The molecule has 0 saturated heterocycles. The molecule has 0 atom stereocenters. The largest absolute Gasteiger partial charge is 0.462 e. The third-order valence-electron chi connectivity index (χ3n) is 4.32. The standard InChI is InChI=1S/C21H19N3O6S2/c1-3-30-21(27)17-12(2)18(19(26)22-13-6-4-7-14(10-13)24(28)29)32-20(17)23-16(25)11-15-8-5-9-31-15/h4-10H,3,11H2,1-2H3,(H,22,26)(H,23,25). The highest BCUT2D eigenvalue weighted by atomic mass is 32.1. The SMILES string of the molecule is CCOC(=O)c1c(NC(=O)Cc2cccs2)sc(C(=O)Nc2cccc([N+](=O)[O-])c2)c1C. The van der Waals surface area contributed by atoms with E-state index in [1.54, 1.807) is 13.8 Å². The number of nitro groups is 1. The Labute approximate surface area is 191 Å². The molecule has 0 saturated carbocycles. The number of ether oxygens (including phenoxy) is 1. The predicted molar refractivity (Wildman–Crippen MR) is 123 cm³/mol. The summed E-state index contributed by atoms with van der Waals surface area (Å²) in [4.78, 5) is 49.3. The van der Waals surface area contributed by atoms with Crippen LogP contribution in [0.4, 0.5) is 16.4 Å². The molecule has 11 heteroatoms. The van der Waals surface area contributed by atoms with Gasteiger partial charge in [0.2, 0.25) is 5.91 Å². The zero-order valence-electron chi connectivity index (χ0n) is 17.2. The second kappa shape index (κ2) is 10.2. The van der Waals surface area contributed by atoms with Crippen LogP contribution >= 0.6 is 22.7 Å². The van der Waals surface area contributed by atoms with Gasteiger partial charge < -0.3 is 15.4 Å². The number of anilines is 2. The summed E-state index contributed by atoms with van der Waals surface area (Å²) in [7, 11) is 0. The Balaban J connectivity index is 1.88. The van der Waals surface area contributed by atoms with Crippen LogP contribution in [0.5, 0.6) is 0 Å². The molecule has 0 bridgehead atoms. The summed E-state index contributed by atoms with van der Waals surface area (Å²) in [6.07, 6.45) is 0.131. The Morgan fingerprint density at radius 3 is 2.59 bits per heavy atom. The zero-order valence-corrected chi connectivity index (χ0v) is 18.8. The average Bonchev–Trinajstić information content (AvgIpc) is 3.36.